The Morgan fingerprint density at radius 1 is 1.23 bits per heavy atom. The number of halogens is 1. The standard InChI is InChI=1S/C18H13FN4O2S/c19-10-3-4-11-13(9-10)14-12(5-7-21-17(14)24)16-15(11)22-18(23-16)26(25)8-2-1-6-20/h3-5,7,9H,1-2,8H2,(H,21,24)(H,22,23). The van der Waals surface area contributed by atoms with Gasteiger partial charge in [-0.15, -0.1) is 0 Å². The summed E-state index contributed by atoms with van der Waals surface area (Å²) >= 11 is 0. The highest BCUT2D eigenvalue weighted by Gasteiger charge is 2.17. The summed E-state index contributed by atoms with van der Waals surface area (Å²) in [5.41, 5.74) is 0.801. The highest BCUT2D eigenvalue weighted by molar-refractivity contribution is 7.84. The number of nitrogens with one attached hydrogen (secondary N) is 2. The first-order valence-corrected chi connectivity index (χ1v) is 9.29. The van der Waals surface area contributed by atoms with Crippen LogP contribution in [0.2, 0.25) is 0 Å². The summed E-state index contributed by atoms with van der Waals surface area (Å²) in [4.78, 5) is 22.5. The third kappa shape index (κ3) is 2.57. The first-order valence-electron chi connectivity index (χ1n) is 7.98. The molecule has 1 atom stereocenters. The van der Waals surface area contributed by atoms with E-state index in [1.807, 2.05) is 6.07 Å². The van der Waals surface area contributed by atoms with Crippen LogP contribution in [0.15, 0.2) is 40.4 Å². The number of nitrogens with zero attached hydrogens (tertiary/aromatic N) is 2. The van der Waals surface area contributed by atoms with E-state index < -0.39 is 16.6 Å². The van der Waals surface area contributed by atoms with Crippen molar-refractivity contribution in [3.63, 3.8) is 0 Å². The third-order valence-corrected chi connectivity index (χ3v) is 5.54. The lowest BCUT2D eigenvalue weighted by Gasteiger charge is -2.05. The van der Waals surface area contributed by atoms with Gasteiger partial charge in [-0.1, -0.05) is 0 Å². The van der Waals surface area contributed by atoms with E-state index in [1.165, 1.54) is 18.3 Å². The lowest BCUT2D eigenvalue weighted by Crippen LogP contribution is -2.05. The van der Waals surface area contributed by atoms with Gasteiger partial charge in [-0.05, 0) is 30.7 Å². The number of hydrogen-bond acceptors (Lipinski definition) is 4. The summed E-state index contributed by atoms with van der Waals surface area (Å²) in [6, 6.07) is 7.94. The van der Waals surface area contributed by atoms with E-state index in [2.05, 4.69) is 15.0 Å². The van der Waals surface area contributed by atoms with Gasteiger partial charge >= 0.3 is 0 Å². The average molecular weight is 368 g/mol. The molecule has 26 heavy (non-hydrogen) atoms. The summed E-state index contributed by atoms with van der Waals surface area (Å²) in [5.74, 6) is -0.125. The van der Waals surface area contributed by atoms with Crippen molar-refractivity contribution in [1.29, 1.82) is 5.26 Å². The number of H-pyrrole nitrogens is 2. The Morgan fingerprint density at radius 2 is 2.08 bits per heavy atom. The van der Waals surface area contributed by atoms with E-state index in [1.54, 1.807) is 12.1 Å². The monoisotopic (exact) mass is 368 g/mol. The number of imidazole rings is 1. The smallest absolute Gasteiger partial charge is 0.256 e. The maximum absolute atomic E-state index is 13.8. The predicted molar refractivity (Wildman–Crippen MR) is 97.8 cm³/mol. The minimum atomic E-state index is -1.39. The second kappa shape index (κ2) is 6.35. The van der Waals surface area contributed by atoms with Crippen molar-refractivity contribution < 1.29 is 8.60 Å². The lowest BCUT2D eigenvalue weighted by molar-refractivity contribution is 0.630. The molecule has 0 saturated heterocycles. The Hall–Kier alpha value is -3.05. The number of aromatic nitrogens is 3. The fourth-order valence-electron chi connectivity index (χ4n) is 3.11. The van der Waals surface area contributed by atoms with Crippen LogP contribution in [0.4, 0.5) is 4.39 Å². The number of hydrogen-bond donors (Lipinski definition) is 2. The molecule has 0 fully saturated rings. The molecule has 0 saturated carbocycles. The van der Waals surface area contributed by atoms with Crippen LogP contribution in [0.25, 0.3) is 32.6 Å². The molecule has 1 unspecified atom stereocenters. The Labute approximate surface area is 149 Å². The molecule has 0 bridgehead atoms. The van der Waals surface area contributed by atoms with E-state index in [9.17, 15) is 13.4 Å². The number of rotatable bonds is 4. The van der Waals surface area contributed by atoms with Crippen LogP contribution in [-0.2, 0) is 10.8 Å². The SMILES string of the molecule is N#CCCCS(=O)c1nc2c3cc[nH]c(=O)c3c3cc(F)ccc3c2[nH]1. The van der Waals surface area contributed by atoms with Gasteiger partial charge in [0.25, 0.3) is 5.56 Å². The van der Waals surface area contributed by atoms with Crippen LogP contribution in [0.5, 0.6) is 0 Å². The fraction of sp³-hybridized carbons (Fsp3) is 0.167. The van der Waals surface area contributed by atoms with Gasteiger partial charge in [0.05, 0.1) is 33.3 Å². The van der Waals surface area contributed by atoms with Crippen LogP contribution in [0.1, 0.15) is 12.8 Å². The van der Waals surface area contributed by atoms with Gasteiger partial charge in [-0.2, -0.15) is 5.26 Å². The molecular formula is C18H13FN4O2S. The van der Waals surface area contributed by atoms with Gasteiger partial charge in [0, 0.05) is 34.5 Å². The van der Waals surface area contributed by atoms with Crippen molar-refractivity contribution >= 4 is 43.4 Å². The quantitative estimate of drug-likeness (QED) is 0.427. The number of aromatic amines is 2. The van der Waals surface area contributed by atoms with Crippen molar-refractivity contribution in [2.45, 2.75) is 18.0 Å². The molecule has 2 aromatic heterocycles. The summed E-state index contributed by atoms with van der Waals surface area (Å²) in [6.07, 6.45) is 2.34. The second-order valence-electron chi connectivity index (χ2n) is 5.86. The molecule has 2 heterocycles. The highest BCUT2D eigenvalue weighted by Crippen LogP contribution is 2.32. The molecule has 0 aliphatic rings. The van der Waals surface area contributed by atoms with E-state index >= 15 is 0 Å². The molecule has 8 heteroatoms. The molecule has 2 N–H and O–H groups in total. The maximum Gasteiger partial charge on any atom is 0.256 e. The molecule has 4 rings (SSSR count). The number of nitriles is 1. The van der Waals surface area contributed by atoms with E-state index in [-0.39, 0.29) is 10.7 Å². The average Bonchev–Trinajstić information content (AvgIpc) is 3.07. The van der Waals surface area contributed by atoms with Gasteiger partial charge in [0.1, 0.15) is 5.82 Å². The minimum Gasteiger partial charge on any atom is -0.330 e. The third-order valence-electron chi connectivity index (χ3n) is 4.25. The van der Waals surface area contributed by atoms with Crippen LogP contribution >= 0.6 is 0 Å². The van der Waals surface area contributed by atoms with Crippen LogP contribution in [0.3, 0.4) is 0 Å². The van der Waals surface area contributed by atoms with Crippen LogP contribution < -0.4 is 5.56 Å². The first kappa shape index (κ1) is 16.4. The number of benzene rings is 2. The normalized spacial score (nSPS) is 12.6. The zero-order valence-electron chi connectivity index (χ0n) is 13.5. The van der Waals surface area contributed by atoms with Crippen molar-refractivity contribution in [3.05, 3.63) is 46.6 Å². The van der Waals surface area contributed by atoms with Crippen molar-refractivity contribution in [1.82, 2.24) is 15.0 Å². The Balaban J connectivity index is 2.03. The van der Waals surface area contributed by atoms with E-state index in [0.29, 0.717) is 51.2 Å². The number of fused-ring (bicyclic) bond motifs is 6. The molecule has 4 aromatic rings. The molecule has 0 spiro atoms. The van der Waals surface area contributed by atoms with Gasteiger partial charge < -0.3 is 9.97 Å². The zero-order chi connectivity index (χ0) is 18.3. The van der Waals surface area contributed by atoms with Crippen molar-refractivity contribution in [3.8, 4) is 6.07 Å². The van der Waals surface area contributed by atoms with Gasteiger partial charge in [-0.25, -0.2) is 9.37 Å². The van der Waals surface area contributed by atoms with E-state index in [0.717, 1.165) is 0 Å². The Kier molecular flexibility index (Phi) is 4.01. The molecular weight excluding hydrogens is 355 g/mol. The summed E-state index contributed by atoms with van der Waals surface area (Å²) in [7, 11) is -1.39. The summed E-state index contributed by atoms with van der Waals surface area (Å²) < 4.78 is 26.3. The fourth-order valence-corrected chi connectivity index (χ4v) is 4.12. The van der Waals surface area contributed by atoms with Gasteiger partial charge in [-0.3, -0.25) is 9.00 Å². The molecule has 2 aromatic carbocycles. The topological polar surface area (TPSA) is 102 Å². The molecule has 0 radical (unpaired) electrons. The van der Waals surface area contributed by atoms with Gasteiger partial charge in [0.15, 0.2) is 5.16 Å². The van der Waals surface area contributed by atoms with Crippen LogP contribution in [-0.4, -0.2) is 24.9 Å². The minimum absolute atomic E-state index is 0.288. The van der Waals surface area contributed by atoms with Gasteiger partial charge in [0.2, 0.25) is 0 Å². The summed E-state index contributed by atoms with van der Waals surface area (Å²) in [6.45, 7) is 0. The van der Waals surface area contributed by atoms with Crippen LogP contribution in [0, 0.1) is 17.1 Å². The maximum atomic E-state index is 13.8. The molecule has 130 valence electrons. The summed E-state index contributed by atoms with van der Waals surface area (Å²) in [5, 5.41) is 10.9. The second-order valence-corrected chi connectivity index (χ2v) is 7.35. The Bertz CT molecular complexity index is 1290. The van der Waals surface area contributed by atoms with E-state index in [4.69, 9.17) is 5.26 Å². The van der Waals surface area contributed by atoms with Crippen molar-refractivity contribution in [2.24, 2.45) is 0 Å². The largest absolute Gasteiger partial charge is 0.330 e. The molecule has 0 aliphatic carbocycles. The lowest BCUT2D eigenvalue weighted by atomic mass is 10.0. The molecule has 0 aliphatic heterocycles. The number of unbranched alkanes of at least 4 members (excludes halogenated alkanes) is 1. The molecule has 0 amide bonds. The predicted octanol–water partition coefficient (Wildman–Crippen LogP) is 3.11. The highest BCUT2D eigenvalue weighted by atomic mass is 32.2. The van der Waals surface area contributed by atoms with Crippen molar-refractivity contribution in [2.75, 3.05) is 5.75 Å². The molecule has 6 nitrogen and oxygen atoms in total. The number of pyridine rings is 1. The Morgan fingerprint density at radius 3 is 2.88 bits per heavy atom. The zero-order valence-corrected chi connectivity index (χ0v) is 14.3. The first-order chi connectivity index (χ1) is 12.6.